The molecule has 8 heteroatoms. The van der Waals surface area contributed by atoms with Gasteiger partial charge in [0.2, 0.25) is 5.91 Å². The molecule has 2 atom stereocenters. The first-order chi connectivity index (χ1) is 12.4. The number of carbonyl (C=O) groups excluding carboxylic acids is 2. The fourth-order valence-electron chi connectivity index (χ4n) is 3.64. The summed E-state index contributed by atoms with van der Waals surface area (Å²) < 4.78 is 1.97. The van der Waals surface area contributed by atoms with E-state index in [1.165, 1.54) is 11.3 Å². The molecule has 1 N–H and O–H groups in total. The van der Waals surface area contributed by atoms with E-state index in [9.17, 15) is 9.59 Å². The van der Waals surface area contributed by atoms with E-state index < -0.39 is 0 Å². The third-order valence-electron chi connectivity index (χ3n) is 5.18. The molecule has 0 aromatic carbocycles. The molecular formula is C18H23N5O2S. The molecule has 1 aliphatic heterocycles. The van der Waals surface area contributed by atoms with E-state index in [1.807, 2.05) is 31.7 Å². The van der Waals surface area contributed by atoms with E-state index in [2.05, 4.69) is 15.3 Å². The molecule has 2 amide bonds. The molecule has 7 nitrogen and oxygen atoms in total. The number of likely N-dealkylation sites (tertiary alicyclic amines) is 1. The van der Waals surface area contributed by atoms with Crippen LogP contribution in [0.3, 0.4) is 0 Å². The van der Waals surface area contributed by atoms with E-state index in [0.29, 0.717) is 18.8 Å². The van der Waals surface area contributed by atoms with Gasteiger partial charge in [-0.2, -0.15) is 0 Å². The summed E-state index contributed by atoms with van der Waals surface area (Å²) in [6, 6.07) is -0.117. The smallest absolute Gasteiger partial charge is 0.273 e. The van der Waals surface area contributed by atoms with Crippen molar-refractivity contribution in [2.24, 2.45) is 13.0 Å². The van der Waals surface area contributed by atoms with Crippen molar-refractivity contribution in [1.29, 1.82) is 0 Å². The van der Waals surface area contributed by atoms with Crippen molar-refractivity contribution >= 4 is 23.2 Å². The van der Waals surface area contributed by atoms with Crippen LogP contribution < -0.4 is 5.32 Å². The lowest BCUT2D eigenvalue weighted by atomic mass is 10.0. The second-order valence-corrected chi connectivity index (χ2v) is 8.65. The highest BCUT2D eigenvalue weighted by Gasteiger charge is 2.42. The highest BCUT2D eigenvalue weighted by atomic mass is 32.1. The summed E-state index contributed by atoms with van der Waals surface area (Å²) in [5.41, 5.74) is 0.528. The Labute approximate surface area is 156 Å². The molecule has 1 aliphatic carbocycles. The molecule has 2 aliphatic rings. The number of carbonyl (C=O) groups is 2. The normalized spacial score (nSPS) is 22.7. The van der Waals surface area contributed by atoms with Gasteiger partial charge in [0.25, 0.3) is 5.91 Å². The SMILES string of the molecule is Cc1nc(C(=O)N2C[C@@H](NC(=O)C3CC3)[C@H](c3nccn3C)C2)c(C)s1. The van der Waals surface area contributed by atoms with Gasteiger partial charge in [0.05, 0.1) is 17.0 Å². The summed E-state index contributed by atoms with van der Waals surface area (Å²) >= 11 is 1.54. The van der Waals surface area contributed by atoms with E-state index in [4.69, 9.17) is 0 Å². The van der Waals surface area contributed by atoms with Gasteiger partial charge in [0.1, 0.15) is 11.5 Å². The van der Waals surface area contributed by atoms with Gasteiger partial charge >= 0.3 is 0 Å². The summed E-state index contributed by atoms with van der Waals surface area (Å²) in [6.45, 7) is 4.87. The van der Waals surface area contributed by atoms with Crippen molar-refractivity contribution in [3.8, 4) is 0 Å². The Kier molecular flexibility index (Phi) is 4.30. The largest absolute Gasteiger partial charge is 0.351 e. The van der Waals surface area contributed by atoms with Gasteiger partial charge < -0.3 is 14.8 Å². The summed E-state index contributed by atoms with van der Waals surface area (Å²) in [4.78, 5) is 36.9. The van der Waals surface area contributed by atoms with Crippen molar-refractivity contribution in [3.05, 3.63) is 33.8 Å². The Bertz CT molecular complexity index is 854. The number of nitrogens with one attached hydrogen (secondary N) is 1. The summed E-state index contributed by atoms with van der Waals surface area (Å²) in [7, 11) is 1.94. The molecule has 3 heterocycles. The van der Waals surface area contributed by atoms with Gasteiger partial charge in [-0.1, -0.05) is 0 Å². The molecule has 2 aromatic heterocycles. The standard InChI is InChI=1S/C18H23N5O2S/c1-10-15(20-11(2)26-10)18(25)23-8-13(16-19-6-7-22(16)3)14(9-23)21-17(24)12-4-5-12/h6-7,12-14H,4-5,8-9H2,1-3H3,(H,21,24)/t13-,14-/m1/s1. The van der Waals surface area contributed by atoms with Crippen molar-refractivity contribution in [3.63, 3.8) is 0 Å². The van der Waals surface area contributed by atoms with E-state index >= 15 is 0 Å². The van der Waals surface area contributed by atoms with Crippen LogP contribution in [0.4, 0.5) is 0 Å². The molecule has 0 unspecified atom stereocenters. The van der Waals surface area contributed by atoms with Crippen LogP contribution in [-0.2, 0) is 11.8 Å². The van der Waals surface area contributed by atoms with Crippen LogP contribution in [-0.4, -0.2) is 50.4 Å². The predicted molar refractivity (Wildman–Crippen MR) is 98.1 cm³/mol. The average Bonchev–Trinajstić information content (AvgIpc) is 3.11. The van der Waals surface area contributed by atoms with E-state index in [0.717, 1.165) is 28.6 Å². The monoisotopic (exact) mass is 373 g/mol. The molecule has 0 radical (unpaired) electrons. The Balaban J connectivity index is 1.58. The van der Waals surface area contributed by atoms with Crippen LogP contribution in [0.25, 0.3) is 0 Å². The molecule has 0 bridgehead atoms. The predicted octanol–water partition coefficient (Wildman–Crippen LogP) is 1.63. The summed E-state index contributed by atoms with van der Waals surface area (Å²) in [5, 5.41) is 4.05. The van der Waals surface area contributed by atoms with Crippen LogP contribution in [0.15, 0.2) is 12.4 Å². The Morgan fingerprint density at radius 3 is 2.62 bits per heavy atom. The zero-order chi connectivity index (χ0) is 18.4. The molecule has 26 heavy (non-hydrogen) atoms. The lowest BCUT2D eigenvalue weighted by Crippen LogP contribution is -2.41. The Morgan fingerprint density at radius 2 is 2.04 bits per heavy atom. The molecule has 1 saturated heterocycles. The minimum absolute atomic E-state index is 0.0123. The first-order valence-corrected chi connectivity index (χ1v) is 9.76. The lowest BCUT2D eigenvalue weighted by molar-refractivity contribution is -0.123. The number of hydrogen-bond acceptors (Lipinski definition) is 5. The molecule has 0 spiro atoms. The van der Waals surface area contributed by atoms with Crippen LogP contribution in [0, 0.1) is 19.8 Å². The number of imidazole rings is 1. The van der Waals surface area contributed by atoms with E-state index in [-0.39, 0.29) is 29.7 Å². The van der Waals surface area contributed by atoms with Crippen LogP contribution in [0.5, 0.6) is 0 Å². The Hall–Kier alpha value is -2.22. The van der Waals surface area contributed by atoms with Gasteiger partial charge in [-0.15, -0.1) is 11.3 Å². The van der Waals surface area contributed by atoms with Gasteiger partial charge in [0, 0.05) is 43.3 Å². The van der Waals surface area contributed by atoms with Gasteiger partial charge in [-0.05, 0) is 26.7 Å². The second kappa shape index (κ2) is 6.50. The maximum atomic E-state index is 13.0. The molecular weight excluding hydrogens is 350 g/mol. The molecule has 2 fully saturated rings. The highest BCUT2D eigenvalue weighted by molar-refractivity contribution is 7.11. The minimum Gasteiger partial charge on any atom is -0.351 e. The van der Waals surface area contributed by atoms with Crippen LogP contribution in [0.2, 0.25) is 0 Å². The van der Waals surface area contributed by atoms with Gasteiger partial charge in [0.15, 0.2) is 0 Å². The van der Waals surface area contributed by atoms with Crippen molar-refractivity contribution < 1.29 is 9.59 Å². The maximum Gasteiger partial charge on any atom is 0.273 e. The number of nitrogens with zero attached hydrogens (tertiary/aromatic N) is 4. The number of rotatable bonds is 4. The van der Waals surface area contributed by atoms with Crippen molar-refractivity contribution in [2.45, 2.75) is 38.6 Å². The zero-order valence-electron chi connectivity index (χ0n) is 15.2. The first kappa shape index (κ1) is 17.2. The van der Waals surface area contributed by atoms with Gasteiger partial charge in [-0.3, -0.25) is 9.59 Å². The number of aryl methyl sites for hydroxylation is 3. The molecule has 2 aromatic rings. The molecule has 138 valence electrons. The molecule has 1 saturated carbocycles. The summed E-state index contributed by atoms with van der Waals surface area (Å²) in [5.74, 6) is 1.07. The summed E-state index contributed by atoms with van der Waals surface area (Å²) in [6.07, 6.45) is 5.58. The number of thiazole rings is 1. The van der Waals surface area contributed by atoms with Gasteiger partial charge in [-0.25, -0.2) is 9.97 Å². The topological polar surface area (TPSA) is 80.1 Å². The quantitative estimate of drug-likeness (QED) is 0.883. The molecule has 4 rings (SSSR count). The first-order valence-electron chi connectivity index (χ1n) is 8.95. The fraction of sp³-hybridized carbons (Fsp3) is 0.556. The number of aromatic nitrogens is 3. The zero-order valence-corrected chi connectivity index (χ0v) is 16.0. The minimum atomic E-state index is -0.117. The van der Waals surface area contributed by atoms with Crippen molar-refractivity contribution in [1.82, 2.24) is 24.8 Å². The Morgan fingerprint density at radius 1 is 1.27 bits per heavy atom. The van der Waals surface area contributed by atoms with Crippen LogP contribution >= 0.6 is 11.3 Å². The fourth-order valence-corrected chi connectivity index (χ4v) is 4.44. The lowest BCUT2D eigenvalue weighted by Gasteiger charge is -2.19. The average molecular weight is 373 g/mol. The van der Waals surface area contributed by atoms with Crippen molar-refractivity contribution in [2.75, 3.05) is 13.1 Å². The second-order valence-electron chi connectivity index (χ2n) is 7.24. The van der Waals surface area contributed by atoms with Crippen LogP contribution in [0.1, 0.15) is 45.0 Å². The third kappa shape index (κ3) is 3.13. The number of amides is 2. The highest BCUT2D eigenvalue weighted by Crippen LogP contribution is 2.32. The third-order valence-corrected chi connectivity index (χ3v) is 6.07. The maximum absolute atomic E-state index is 13.0. The number of hydrogen-bond donors (Lipinski definition) is 1. The van der Waals surface area contributed by atoms with E-state index in [1.54, 1.807) is 11.1 Å².